The first kappa shape index (κ1) is 17.4. The van der Waals surface area contributed by atoms with Crippen molar-refractivity contribution in [2.75, 3.05) is 18.1 Å². The average molecular weight is 358 g/mol. The fourth-order valence-corrected chi connectivity index (χ4v) is 3.55. The number of aryl methyl sites for hydroxylation is 1. The summed E-state index contributed by atoms with van der Waals surface area (Å²) in [6.45, 7) is 3.93. The van der Waals surface area contributed by atoms with Crippen molar-refractivity contribution in [3.8, 4) is 5.69 Å². The molecule has 118 valence electrons. The predicted octanol–water partition coefficient (Wildman–Crippen LogP) is 4.31. The van der Waals surface area contributed by atoms with Crippen LogP contribution in [0.3, 0.4) is 0 Å². The minimum Gasteiger partial charge on any atom is -0.396 e. The summed E-state index contributed by atoms with van der Waals surface area (Å²) in [5.74, 6) is 0.987. The number of ketones is 1. The lowest BCUT2D eigenvalue weighted by Crippen LogP contribution is -2.06. The van der Waals surface area contributed by atoms with Gasteiger partial charge in [0, 0.05) is 38.4 Å². The van der Waals surface area contributed by atoms with Gasteiger partial charge in [0.1, 0.15) is 0 Å². The summed E-state index contributed by atoms with van der Waals surface area (Å²) in [6.07, 6.45) is 0. The van der Waals surface area contributed by atoms with Gasteiger partial charge in [0.25, 0.3) is 0 Å². The molecule has 0 unspecified atom stereocenters. The van der Waals surface area contributed by atoms with Crippen LogP contribution in [0.25, 0.3) is 5.69 Å². The Bertz CT molecular complexity index is 677. The molecule has 0 saturated carbocycles. The van der Waals surface area contributed by atoms with Gasteiger partial charge in [0.05, 0.1) is 12.4 Å². The highest BCUT2D eigenvalue weighted by molar-refractivity contribution is 8.00. The number of nitrogens with zero attached hydrogens (tertiary/aromatic N) is 1. The number of rotatable bonds is 6. The van der Waals surface area contributed by atoms with Crippen molar-refractivity contribution >= 4 is 40.7 Å². The standard InChI is InChI=1S/C16H17Cl2NO2S/c1-10-5-15(16(21)9-22-4-3-20)11(2)19(10)14-7-12(17)6-13(18)8-14/h5-8,20H,3-4,9H2,1-2H3. The Morgan fingerprint density at radius 3 is 2.41 bits per heavy atom. The van der Waals surface area contributed by atoms with Crippen LogP contribution in [0.5, 0.6) is 0 Å². The molecule has 0 bridgehead atoms. The number of halogens is 2. The van der Waals surface area contributed by atoms with Crippen LogP contribution in [-0.2, 0) is 0 Å². The topological polar surface area (TPSA) is 42.2 Å². The van der Waals surface area contributed by atoms with Gasteiger partial charge < -0.3 is 9.67 Å². The molecule has 6 heteroatoms. The highest BCUT2D eigenvalue weighted by Crippen LogP contribution is 2.27. The zero-order valence-corrected chi connectivity index (χ0v) is 14.7. The van der Waals surface area contributed by atoms with Crippen LogP contribution in [0.15, 0.2) is 24.3 Å². The summed E-state index contributed by atoms with van der Waals surface area (Å²) in [5, 5.41) is 9.91. The lowest BCUT2D eigenvalue weighted by Gasteiger charge is -2.11. The maximum atomic E-state index is 12.3. The SMILES string of the molecule is Cc1cc(C(=O)CSCCO)c(C)n1-c1cc(Cl)cc(Cl)c1. The van der Waals surface area contributed by atoms with Gasteiger partial charge >= 0.3 is 0 Å². The third-order valence-corrected chi connectivity index (χ3v) is 4.68. The largest absolute Gasteiger partial charge is 0.396 e. The number of aliphatic hydroxyl groups is 1. The maximum absolute atomic E-state index is 12.3. The van der Waals surface area contributed by atoms with Crippen molar-refractivity contribution in [3.63, 3.8) is 0 Å². The van der Waals surface area contributed by atoms with Crippen molar-refractivity contribution in [1.82, 2.24) is 4.57 Å². The van der Waals surface area contributed by atoms with Gasteiger partial charge in [0.2, 0.25) is 0 Å². The van der Waals surface area contributed by atoms with Crippen LogP contribution >= 0.6 is 35.0 Å². The monoisotopic (exact) mass is 357 g/mol. The van der Waals surface area contributed by atoms with E-state index in [0.29, 0.717) is 27.1 Å². The van der Waals surface area contributed by atoms with E-state index in [1.165, 1.54) is 11.8 Å². The van der Waals surface area contributed by atoms with Gasteiger partial charge in [-0.1, -0.05) is 23.2 Å². The minimum absolute atomic E-state index is 0.0610. The van der Waals surface area contributed by atoms with Crippen LogP contribution in [0.4, 0.5) is 0 Å². The molecule has 2 aromatic rings. The fraction of sp³-hybridized carbons (Fsp3) is 0.312. The van der Waals surface area contributed by atoms with E-state index in [-0.39, 0.29) is 12.4 Å². The molecule has 0 amide bonds. The minimum atomic E-state index is 0.0610. The predicted molar refractivity (Wildman–Crippen MR) is 94.0 cm³/mol. The van der Waals surface area contributed by atoms with Crippen molar-refractivity contribution in [3.05, 3.63) is 51.3 Å². The second-order valence-electron chi connectivity index (χ2n) is 4.95. The molecule has 22 heavy (non-hydrogen) atoms. The average Bonchev–Trinajstić information content (AvgIpc) is 2.73. The molecule has 0 atom stereocenters. The molecule has 1 N–H and O–H groups in total. The molecule has 2 rings (SSSR count). The van der Waals surface area contributed by atoms with E-state index >= 15 is 0 Å². The van der Waals surface area contributed by atoms with E-state index in [9.17, 15) is 4.79 Å². The van der Waals surface area contributed by atoms with E-state index in [4.69, 9.17) is 28.3 Å². The van der Waals surface area contributed by atoms with Crippen molar-refractivity contribution in [1.29, 1.82) is 0 Å². The van der Waals surface area contributed by atoms with Crippen molar-refractivity contribution < 1.29 is 9.90 Å². The lowest BCUT2D eigenvalue weighted by atomic mass is 10.2. The maximum Gasteiger partial charge on any atom is 0.174 e. The molecule has 0 radical (unpaired) electrons. The number of aromatic nitrogens is 1. The molecule has 1 aromatic heterocycles. The number of carbonyl (C=O) groups is 1. The van der Waals surface area contributed by atoms with Crippen LogP contribution in [0, 0.1) is 13.8 Å². The van der Waals surface area contributed by atoms with E-state index in [2.05, 4.69) is 0 Å². The third kappa shape index (κ3) is 3.87. The Morgan fingerprint density at radius 1 is 1.18 bits per heavy atom. The molecule has 0 spiro atoms. The molecule has 0 aliphatic carbocycles. The van der Waals surface area contributed by atoms with Crippen LogP contribution in [0.2, 0.25) is 10.0 Å². The van der Waals surface area contributed by atoms with Crippen LogP contribution in [-0.4, -0.2) is 33.6 Å². The molecular weight excluding hydrogens is 341 g/mol. The Balaban J connectivity index is 2.36. The fourth-order valence-electron chi connectivity index (χ4n) is 2.42. The normalized spacial score (nSPS) is 11.0. The second-order valence-corrected chi connectivity index (χ2v) is 6.93. The Labute approximate surface area is 144 Å². The number of hydrogen-bond acceptors (Lipinski definition) is 3. The molecule has 0 aliphatic rings. The van der Waals surface area contributed by atoms with Crippen LogP contribution in [0.1, 0.15) is 21.7 Å². The Hall–Kier alpha value is -0.940. The quantitative estimate of drug-likeness (QED) is 0.618. The molecule has 3 nitrogen and oxygen atoms in total. The molecular formula is C16H17Cl2NO2S. The van der Waals surface area contributed by atoms with Crippen LogP contribution < -0.4 is 0 Å². The zero-order chi connectivity index (χ0) is 16.3. The molecule has 0 saturated heterocycles. The molecule has 1 heterocycles. The Kier molecular flexibility index (Phi) is 5.98. The molecule has 0 fully saturated rings. The van der Waals surface area contributed by atoms with Gasteiger partial charge in [0.15, 0.2) is 5.78 Å². The van der Waals surface area contributed by atoms with Crippen molar-refractivity contribution in [2.45, 2.75) is 13.8 Å². The van der Waals surface area contributed by atoms with E-state index < -0.39 is 0 Å². The second kappa shape index (κ2) is 7.55. The summed E-state index contributed by atoms with van der Waals surface area (Å²) in [6, 6.07) is 7.20. The highest BCUT2D eigenvalue weighted by Gasteiger charge is 2.17. The van der Waals surface area contributed by atoms with Gasteiger partial charge in [-0.2, -0.15) is 11.8 Å². The summed E-state index contributed by atoms with van der Waals surface area (Å²) < 4.78 is 1.97. The Morgan fingerprint density at radius 2 is 1.82 bits per heavy atom. The van der Waals surface area contributed by atoms with E-state index in [1.54, 1.807) is 6.07 Å². The van der Waals surface area contributed by atoms with Gasteiger partial charge in [-0.15, -0.1) is 0 Å². The number of carbonyl (C=O) groups excluding carboxylic acids is 1. The first-order valence-corrected chi connectivity index (χ1v) is 8.72. The number of thioether (sulfide) groups is 1. The lowest BCUT2D eigenvalue weighted by molar-refractivity contribution is 0.102. The number of benzene rings is 1. The molecule has 1 aromatic carbocycles. The molecule has 0 aliphatic heterocycles. The summed E-state index contributed by atoms with van der Waals surface area (Å²) in [7, 11) is 0. The van der Waals surface area contributed by atoms with E-state index in [0.717, 1.165) is 17.1 Å². The van der Waals surface area contributed by atoms with Crippen molar-refractivity contribution in [2.24, 2.45) is 0 Å². The number of Topliss-reactive ketones (excluding diaryl/α,β-unsaturated/α-hetero) is 1. The first-order chi connectivity index (χ1) is 10.4. The first-order valence-electron chi connectivity index (χ1n) is 6.81. The van der Waals surface area contributed by atoms with Gasteiger partial charge in [-0.3, -0.25) is 4.79 Å². The zero-order valence-electron chi connectivity index (χ0n) is 12.4. The number of aliphatic hydroxyl groups excluding tert-OH is 1. The third-order valence-electron chi connectivity index (χ3n) is 3.31. The van der Waals surface area contributed by atoms with Gasteiger partial charge in [-0.25, -0.2) is 0 Å². The summed E-state index contributed by atoms with van der Waals surface area (Å²) >= 11 is 13.6. The van der Waals surface area contributed by atoms with E-state index in [1.807, 2.05) is 36.6 Å². The summed E-state index contributed by atoms with van der Waals surface area (Å²) in [5.41, 5.74) is 3.35. The highest BCUT2D eigenvalue weighted by atomic mass is 35.5. The number of hydrogen-bond donors (Lipinski definition) is 1. The smallest absolute Gasteiger partial charge is 0.174 e. The van der Waals surface area contributed by atoms with Gasteiger partial charge in [-0.05, 0) is 38.1 Å². The summed E-state index contributed by atoms with van der Waals surface area (Å²) in [4.78, 5) is 12.3.